The lowest BCUT2D eigenvalue weighted by atomic mass is 10.1. The number of carbonyl (C=O) groups is 2. The third-order valence-corrected chi connectivity index (χ3v) is 4.27. The quantitative estimate of drug-likeness (QED) is 0.680. The molecule has 0 bridgehead atoms. The van der Waals surface area contributed by atoms with Crippen LogP contribution in [0, 0.1) is 6.92 Å². The summed E-state index contributed by atoms with van der Waals surface area (Å²) in [5.74, 6) is -0.355. The van der Waals surface area contributed by atoms with Crippen LogP contribution in [0.4, 0.5) is 11.4 Å². The van der Waals surface area contributed by atoms with Crippen LogP contribution in [0.5, 0.6) is 0 Å². The topological polar surface area (TPSA) is 70.2 Å². The van der Waals surface area contributed by atoms with Crippen molar-refractivity contribution in [1.29, 1.82) is 0 Å². The molecule has 0 heterocycles. The molecule has 3 N–H and O–H groups in total. The lowest BCUT2D eigenvalue weighted by molar-refractivity contribution is -0.114. The van der Waals surface area contributed by atoms with Crippen LogP contribution in [0.25, 0.3) is 0 Å². The van der Waals surface area contributed by atoms with Gasteiger partial charge in [0, 0.05) is 28.0 Å². The van der Waals surface area contributed by atoms with Gasteiger partial charge >= 0.3 is 0 Å². The van der Waals surface area contributed by atoms with Crippen molar-refractivity contribution in [1.82, 2.24) is 5.32 Å². The number of halogens is 1. The SMILES string of the molecule is CCC(C)NC(=O)c1cccc(NC(=O)CNc2cc(Cl)ccc2C)c1. The number of anilines is 2. The van der Waals surface area contributed by atoms with Gasteiger partial charge in [-0.2, -0.15) is 0 Å². The van der Waals surface area contributed by atoms with Crippen LogP contribution in [0.1, 0.15) is 36.2 Å². The molecule has 2 aromatic carbocycles. The van der Waals surface area contributed by atoms with Gasteiger partial charge in [0.25, 0.3) is 5.91 Å². The molecule has 138 valence electrons. The fourth-order valence-electron chi connectivity index (χ4n) is 2.31. The second-order valence-electron chi connectivity index (χ2n) is 6.22. The van der Waals surface area contributed by atoms with Crippen LogP contribution in [-0.4, -0.2) is 24.4 Å². The highest BCUT2D eigenvalue weighted by Gasteiger charge is 2.10. The van der Waals surface area contributed by atoms with E-state index in [1.807, 2.05) is 26.8 Å². The predicted molar refractivity (Wildman–Crippen MR) is 107 cm³/mol. The van der Waals surface area contributed by atoms with Gasteiger partial charge in [0.2, 0.25) is 5.91 Å². The molecule has 0 aliphatic heterocycles. The Balaban J connectivity index is 1.95. The van der Waals surface area contributed by atoms with Crippen molar-refractivity contribution >= 4 is 34.8 Å². The molecule has 0 fully saturated rings. The summed E-state index contributed by atoms with van der Waals surface area (Å²) in [5, 5.41) is 9.38. The van der Waals surface area contributed by atoms with Gasteiger partial charge in [-0.25, -0.2) is 0 Å². The Morgan fingerprint density at radius 3 is 2.65 bits per heavy atom. The molecule has 6 heteroatoms. The van der Waals surface area contributed by atoms with E-state index >= 15 is 0 Å². The van der Waals surface area contributed by atoms with Crippen LogP contribution in [0.15, 0.2) is 42.5 Å². The summed E-state index contributed by atoms with van der Waals surface area (Å²) in [6.45, 7) is 6.00. The number of benzene rings is 2. The summed E-state index contributed by atoms with van der Waals surface area (Å²) in [6, 6.07) is 12.5. The highest BCUT2D eigenvalue weighted by atomic mass is 35.5. The molecule has 5 nitrogen and oxygen atoms in total. The summed E-state index contributed by atoms with van der Waals surface area (Å²) in [6.07, 6.45) is 0.858. The fourth-order valence-corrected chi connectivity index (χ4v) is 2.48. The summed E-state index contributed by atoms with van der Waals surface area (Å²) in [5.41, 5.74) is 2.92. The minimum atomic E-state index is -0.205. The van der Waals surface area contributed by atoms with Crippen molar-refractivity contribution in [2.24, 2.45) is 0 Å². The second-order valence-corrected chi connectivity index (χ2v) is 6.66. The van der Waals surface area contributed by atoms with Crippen LogP contribution in [0.2, 0.25) is 5.02 Å². The maximum atomic E-state index is 12.2. The molecule has 0 saturated carbocycles. The van der Waals surface area contributed by atoms with Crippen molar-refractivity contribution in [2.45, 2.75) is 33.2 Å². The average Bonchev–Trinajstić information content (AvgIpc) is 2.62. The zero-order valence-electron chi connectivity index (χ0n) is 15.2. The van der Waals surface area contributed by atoms with Gasteiger partial charge in [0.15, 0.2) is 0 Å². The first-order valence-electron chi connectivity index (χ1n) is 8.60. The number of aryl methyl sites for hydroxylation is 1. The molecule has 0 radical (unpaired) electrons. The summed E-state index contributed by atoms with van der Waals surface area (Å²) < 4.78 is 0. The summed E-state index contributed by atoms with van der Waals surface area (Å²) in [7, 11) is 0. The van der Waals surface area contributed by atoms with Crippen molar-refractivity contribution in [3.05, 3.63) is 58.6 Å². The number of hydrogen-bond acceptors (Lipinski definition) is 3. The summed E-state index contributed by atoms with van der Waals surface area (Å²) in [4.78, 5) is 24.4. The van der Waals surface area contributed by atoms with Crippen LogP contribution in [0.3, 0.4) is 0 Å². The Morgan fingerprint density at radius 1 is 1.15 bits per heavy atom. The maximum Gasteiger partial charge on any atom is 0.251 e. The van der Waals surface area contributed by atoms with Crippen molar-refractivity contribution < 1.29 is 9.59 Å². The maximum absolute atomic E-state index is 12.2. The molecule has 0 spiro atoms. The Bertz CT molecular complexity index is 792. The fraction of sp³-hybridized carbons (Fsp3) is 0.300. The van der Waals surface area contributed by atoms with Gasteiger partial charge in [0.1, 0.15) is 0 Å². The van der Waals surface area contributed by atoms with E-state index in [4.69, 9.17) is 11.6 Å². The molecule has 0 aliphatic carbocycles. The first-order valence-corrected chi connectivity index (χ1v) is 8.97. The Morgan fingerprint density at radius 2 is 1.92 bits per heavy atom. The number of hydrogen-bond donors (Lipinski definition) is 3. The van der Waals surface area contributed by atoms with Crippen LogP contribution in [-0.2, 0) is 4.79 Å². The predicted octanol–water partition coefficient (Wildman–Crippen LogP) is 4.23. The molecular weight excluding hydrogens is 350 g/mol. The van der Waals surface area contributed by atoms with Crippen molar-refractivity contribution in [3.8, 4) is 0 Å². The first kappa shape index (κ1) is 19.8. The van der Waals surface area contributed by atoms with E-state index in [9.17, 15) is 9.59 Å². The third-order valence-electron chi connectivity index (χ3n) is 4.04. The highest BCUT2D eigenvalue weighted by Crippen LogP contribution is 2.20. The zero-order chi connectivity index (χ0) is 19.1. The Kier molecular flexibility index (Phi) is 7.04. The van der Waals surface area contributed by atoms with Gasteiger partial charge in [-0.15, -0.1) is 0 Å². The Hall–Kier alpha value is -2.53. The molecule has 1 unspecified atom stereocenters. The van der Waals surface area contributed by atoms with E-state index in [1.54, 1.807) is 36.4 Å². The van der Waals surface area contributed by atoms with Gasteiger partial charge in [-0.1, -0.05) is 30.7 Å². The third kappa shape index (κ3) is 5.77. The average molecular weight is 374 g/mol. The molecular formula is C20H24ClN3O2. The molecule has 0 aromatic heterocycles. The van der Waals surface area contributed by atoms with Gasteiger partial charge in [-0.3, -0.25) is 9.59 Å². The number of rotatable bonds is 7. The van der Waals surface area contributed by atoms with E-state index in [1.165, 1.54) is 0 Å². The van der Waals surface area contributed by atoms with Crippen molar-refractivity contribution in [3.63, 3.8) is 0 Å². The zero-order valence-corrected chi connectivity index (χ0v) is 16.0. The standard InChI is InChI=1S/C20H24ClN3O2/c1-4-14(3)23-20(26)15-6-5-7-17(10-15)24-19(25)12-22-18-11-16(21)9-8-13(18)2/h5-11,14,22H,4,12H2,1-3H3,(H,23,26)(H,24,25). The number of nitrogens with one attached hydrogen (secondary N) is 3. The van der Waals surface area contributed by atoms with E-state index in [-0.39, 0.29) is 24.4 Å². The van der Waals surface area contributed by atoms with Crippen molar-refractivity contribution in [2.75, 3.05) is 17.2 Å². The van der Waals surface area contributed by atoms with E-state index in [0.717, 1.165) is 17.7 Å². The van der Waals surface area contributed by atoms with Gasteiger partial charge in [0.05, 0.1) is 6.54 Å². The van der Waals surface area contributed by atoms with E-state index in [0.29, 0.717) is 16.3 Å². The molecule has 26 heavy (non-hydrogen) atoms. The smallest absolute Gasteiger partial charge is 0.251 e. The minimum Gasteiger partial charge on any atom is -0.376 e. The summed E-state index contributed by atoms with van der Waals surface area (Å²) >= 11 is 5.98. The number of amides is 2. The monoisotopic (exact) mass is 373 g/mol. The first-order chi connectivity index (χ1) is 12.4. The van der Waals surface area contributed by atoms with Crippen LogP contribution >= 0.6 is 11.6 Å². The molecule has 0 saturated heterocycles. The molecule has 0 aliphatic rings. The lowest BCUT2D eigenvalue weighted by Gasteiger charge is -2.13. The molecule has 2 aromatic rings. The molecule has 2 amide bonds. The molecule has 2 rings (SSSR count). The second kappa shape index (κ2) is 9.25. The van der Waals surface area contributed by atoms with Crippen LogP contribution < -0.4 is 16.0 Å². The van der Waals surface area contributed by atoms with E-state index in [2.05, 4.69) is 16.0 Å². The van der Waals surface area contributed by atoms with Gasteiger partial charge < -0.3 is 16.0 Å². The van der Waals surface area contributed by atoms with Gasteiger partial charge in [-0.05, 0) is 56.2 Å². The normalized spacial score (nSPS) is 11.5. The molecule has 1 atom stereocenters. The lowest BCUT2D eigenvalue weighted by Crippen LogP contribution is -2.32. The highest BCUT2D eigenvalue weighted by molar-refractivity contribution is 6.30. The van der Waals surface area contributed by atoms with E-state index < -0.39 is 0 Å². The largest absolute Gasteiger partial charge is 0.376 e. The Labute approximate surface area is 159 Å². The minimum absolute atomic E-state index is 0.102. The number of carbonyl (C=O) groups excluding carboxylic acids is 2.